The maximum absolute atomic E-state index is 5.89. The number of allylic oxidation sites excluding steroid dienone is 2. The molecule has 0 aliphatic heterocycles. The van der Waals surface area contributed by atoms with E-state index >= 15 is 0 Å². The van der Waals surface area contributed by atoms with E-state index in [0.29, 0.717) is 10.8 Å². The van der Waals surface area contributed by atoms with Gasteiger partial charge in [0, 0.05) is 5.38 Å². The Morgan fingerprint density at radius 2 is 1.78 bits per heavy atom. The van der Waals surface area contributed by atoms with Gasteiger partial charge in [-0.2, -0.15) is 0 Å². The lowest BCUT2D eigenvalue weighted by molar-refractivity contribution is 0.159. The van der Waals surface area contributed by atoms with E-state index in [-0.39, 0.29) is 0 Å². The van der Waals surface area contributed by atoms with Gasteiger partial charge in [-0.25, -0.2) is 0 Å². The Morgan fingerprint density at radius 3 is 2.22 bits per heavy atom. The van der Waals surface area contributed by atoms with E-state index in [1.807, 2.05) is 0 Å². The molecule has 1 fully saturated rings. The number of alkyl halides is 1. The van der Waals surface area contributed by atoms with E-state index in [1.165, 1.54) is 25.7 Å². The molecule has 1 saturated carbocycles. The van der Waals surface area contributed by atoms with Crippen LogP contribution < -0.4 is 0 Å². The van der Waals surface area contributed by atoms with Gasteiger partial charge in [-0.15, -0.1) is 11.6 Å². The first-order chi connectivity index (χ1) is 4.31. The number of hydrogen-bond acceptors (Lipinski definition) is 0. The van der Waals surface area contributed by atoms with E-state index < -0.39 is 0 Å². The predicted molar refractivity (Wildman–Crippen MR) is 39.7 cm³/mol. The zero-order valence-electron chi connectivity index (χ0n) is 5.44. The number of hydrogen-bond donors (Lipinski definition) is 0. The van der Waals surface area contributed by atoms with Crippen molar-refractivity contribution in [1.82, 2.24) is 0 Å². The van der Waals surface area contributed by atoms with E-state index in [9.17, 15) is 0 Å². The Kier molecular flexibility index (Phi) is 1.13. The first-order valence-corrected chi connectivity index (χ1v) is 4.04. The highest BCUT2D eigenvalue weighted by Crippen LogP contribution is 2.52. The quantitative estimate of drug-likeness (QED) is 0.361. The summed E-state index contributed by atoms with van der Waals surface area (Å²) in [4.78, 5) is 0. The van der Waals surface area contributed by atoms with E-state index in [0.717, 1.165) is 0 Å². The summed E-state index contributed by atoms with van der Waals surface area (Å²) in [6, 6.07) is 0. The zero-order chi connectivity index (χ0) is 6.32. The van der Waals surface area contributed by atoms with Crippen molar-refractivity contribution in [2.45, 2.75) is 31.1 Å². The summed E-state index contributed by atoms with van der Waals surface area (Å²) in [5.41, 5.74) is 0.645. The highest BCUT2D eigenvalue weighted by atomic mass is 35.5. The molecule has 2 aliphatic carbocycles. The lowest BCUT2D eigenvalue weighted by atomic mass is 9.67. The van der Waals surface area contributed by atoms with E-state index in [4.69, 9.17) is 11.6 Å². The molecule has 0 aromatic carbocycles. The van der Waals surface area contributed by atoms with Crippen LogP contribution in [0.4, 0.5) is 0 Å². The van der Waals surface area contributed by atoms with Crippen LogP contribution in [0.25, 0.3) is 0 Å². The molecule has 9 heavy (non-hydrogen) atoms. The van der Waals surface area contributed by atoms with Crippen molar-refractivity contribution in [3.8, 4) is 0 Å². The molecule has 1 heteroatoms. The van der Waals surface area contributed by atoms with Crippen LogP contribution >= 0.6 is 11.6 Å². The fourth-order valence-electron chi connectivity index (χ4n) is 1.96. The highest BCUT2D eigenvalue weighted by molar-refractivity contribution is 6.21. The Hall–Kier alpha value is 0.0300. The lowest BCUT2D eigenvalue weighted by Crippen LogP contribution is -2.35. The molecule has 2 rings (SSSR count). The minimum atomic E-state index is 0.491. The topological polar surface area (TPSA) is 0 Å². The van der Waals surface area contributed by atoms with Crippen molar-refractivity contribution in [1.29, 1.82) is 0 Å². The summed E-state index contributed by atoms with van der Waals surface area (Å²) in [6.07, 6.45) is 9.67. The molecule has 0 aromatic heterocycles. The highest BCUT2D eigenvalue weighted by Gasteiger charge is 2.42. The second-order valence-electron chi connectivity index (χ2n) is 3.39. The van der Waals surface area contributed by atoms with Gasteiger partial charge in [0.1, 0.15) is 0 Å². The molecule has 0 bridgehead atoms. The molecule has 0 N–H and O–H groups in total. The summed E-state index contributed by atoms with van der Waals surface area (Å²) < 4.78 is 0. The SMILES string of the molecule is ClC1CC2(CC=CC2)C1. The molecule has 0 aromatic rings. The summed E-state index contributed by atoms with van der Waals surface area (Å²) >= 11 is 5.89. The Bertz CT molecular complexity index is 133. The van der Waals surface area contributed by atoms with Crippen molar-refractivity contribution in [3.63, 3.8) is 0 Å². The molecule has 0 unspecified atom stereocenters. The van der Waals surface area contributed by atoms with Crippen LogP contribution in [-0.4, -0.2) is 5.38 Å². The van der Waals surface area contributed by atoms with Gasteiger partial charge in [-0.1, -0.05) is 12.2 Å². The van der Waals surface area contributed by atoms with Crippen LogP contribution in [0.15, 0.2) is 12.2 Å². The second kappa shape index (κ2) is 1.76. The number of halogens is 1. The van der Waals surface area contributed by atoms with Crippen LogP contribution in [0.5, 0.6) is 0 Å². The van der Waals surface area contributed by atoms with Gasteiger partial charge in [-0.05, 0) is 31.1 Å². The van der Waals surface area contributed by atoms with E-state index in [1.54, 1.807) is 0 Å². The zero-order valence-corrected chi connectivity index (χ0v) is 6.19. The summed E-state index contributed by atoms with van der Waals surface area (Å²) in [5.74, 6) is 0. The monoisotopic (exact) mass is 142 g/mol. The smallest absolute Gasteiger partial charge is 0.0347 e. The van der Waals surface area contributed by atoms with Gasteiger partial charge in [0.05, 0.1) is 0 Å². The Balaban J connectivity index is 1.98. The first-order valence-electron chi connectivity index (χ1n) is 3.60. The molecule has 50 valence electrons. The van der Waals surface area contributed by atoms with Crippen molar-refractivity contribution < 1.29 is 0 Å². The molecular weight excluding hydrogens is 132 g/mol. The fourth-order valence-corrected chi connectivity index (χ4v) is 2.62. The Labute approximate surface area is 60.9 Å². The van der Waals surface area contributed by atoms with Crippen LogP contribution in [0.2, 0.25) is 0 Å². The largest absolute Gasteiger partial charge is 0.123 e. The van der Waals surface area contributed by atoms with Crippen LogP contribution in [-0.2, 0) is 0 Å². The van der Waals surface area contributed by atoms with Crippen LogP contribution in [0.3, 0.4) is 0 Å². The number of rotatable bonds is 0. The second-order valence-corrected chi connectivity index (χ2v) is 4.00. The fraction of sp³-hybridized carbons (Fsp3) is 0.750. The third-order valence-electron chi connectivity index (χ3n) is 2.58. The Morgan fingerprint density at radius 1 is 1.22 bits per heavy atom. The molecule has 0 saturated heterocycles. The van der Waals surface area contributed by atoms with Gasteiger partial charge in [0.25, 0.3) is 0 Å². The molecule has 0 atom stereocenters. The molecule has 1 spiro atoms. The van der Waals surface area contributed by atoms with Gasteiger partial charge >= 0.3 is 0 Å². The van der Waals surface area contributed by atoms with Crippen molar-refractivity contribution in [3.05, 3.63) is 12.2 Å². The first kappa shape index (κ1) is 5.79. The molecular formula is C8H11Cl. The van der Waals surface area contributed by atoms with Gasteiger partial charge < -0.3 is 0 Å². The van der Waals surface area contributed by atoms with Crippen LogP contribution in [0, 0.1) is 5.41 Å². The third-order valence-corrected chi connectivity index (χ3v) is 2.89. The molecule has 0 amide bonds. The molecule has 0 radical (unpaired) electrons. The summed E-state index contributed by atoms with van der Waals surface area (Å²) in [5, 5.41) is 0.491. The van der Waals surface area contributed by atoms with E-state index in [2.05, 4.69) is 12.2 Å². The standard InChI is InChI=1S/C8H11Cl/c9-7-5-8(6-7)3-1-2-4-8/h1-2,7H,3-6H2. The third kappa shape index (κ3) is 0.806. The van der Waals surface area contributed by atoms with Crippen molar-refractivity contribution >= 4 is 11.6 Å². The van der Waals surface area contributed by atoms with Gasteiger partial charge in [0.2, 0.25) is 0 Å². The molecule has 0 nitrogen and oxygen atoms in total. The maximum Gasteiger partial charge on any atom is 0.0347 e. The average Bonchev–Trinajstić information content (AvgIpc) is 2.12. The minimum Gasteiger partial charge on any atom is -0.123 e. The average molecular weight is 143 g/mol. The minimum absolute atomic E-state index is 0.491. The molecule has 0 heterocycles. The van der Waals surface area contributed by atoms with Gasteiger partial charge in [-0.3, -0.25) is 0 Å². The maximum atomic E-state index is 5.89. The normalized spacial score (nSPS) is 31.2. The van der Waals surface area contributed by atoms with Crippen molar-refractivity contribution in [2.75, 3.05) is 0 Å². The molecule has 2 aliphatic rings. The van der Waals surface area contributed by atoms with Crippen molar-refractivity contribution in [2.24, 2.45) is 5.41 Å². The van der Waals surface area contributed by atoms with Crippen LogP contribution in [0.1, 0.15) is 25.7 Å². The summed E-state index contributed by atoms with van der Waals surface area (Å²) in [7, 11) is 0. The lowest BCUT2D eigenvalue weighted by Gasteiger charge is -2.42. The van der Waals surface area contributed by atoms with Gasteiger partial charge in [0.15, 0.2) is 0 Å². The predicted octanol–water partition coefficient (Wildman–Crippen LogP) is 2.72. The summed E-state index contributed by atoms with van der Waals surface area (Å²) in [6.45, 7) is 0.